The van der Waals surface area contributed by atoms with Gasteiger partial charge in [-0.15, -0.1) is 11.3 Å². The number of hydrogen-bond donors (Lipinski definition) is 1. The van der Waals surface area contributed by atoms with Crippen molar-refractivity contribution < 1.29 is 9.53 Å². The summed E-state index contributed by atoms with van der Waals surface area (Å²) in [6.45, 7) is 3.45. The molecular weight excluding hydrogens is 400 g/mol. The minimum Gasteiger partial charge on any atom is -0.481 e. The highest BCUT2D eigenvalue weighted by molar-refractivity contribution is 7.10. The molecule has 3 aromatic rings. The largest absolute Gasteiger partial charge is 0.481 e. The van der Waals surface area contributed by atoms with Crippen LogP contribution in [-0.2, 0) is 4.79 Å². The lowest BCUT2D eigenvalue weighted by atomic mass is 9.96. The highest BCUT2D eigenvalue weighted by Gasteiger charge is 2.27. The number of rotatable bonds is 6. The van der Waals surface area contributed by atoms with Crippen LogP contribution in [0.2, 0.25) is 0 Å². The van der Waals surface area contributed by atoms with Crippen LogP contribution in [0.25, 0.3) is 11.3 Å². The number of nitrogens with one attached hydrogen (secondary N) is 1. The molecule has 1 amide bonds. The van der Waals surface area contributed by atoms with Crippen molar-refractivity contribution in [3.05, 3.63) is 47.2 Å². The first-order valence-electron chi connectivity index (χ1n) is 9.92. The molecule has 30 heavy (non-hydrogen) atoms. The fraction of sp³-hybridized carbons (Fsp3) is 0.381. The van der Waals surface area contributed by atoms with Crippen LogP contribution in [0.4, 0.5) is 5.95 Å². The molecule has 1 unspecified atom stereocenters. The van der Waals surface area contributed by atoms with E-state index < -0.39 is 0 Å². The van der Waals surface area contributed by atoms with Gasteiger partial charge in [0.25, 0.3) is 0 Å². The molecule has 4 rings (SSSR count). The number of piperidine rings is 1. The van der Waals surface area contributed by atoms with Gasteiger partial charge in [0.15, 0.2) is 0 Å². The van der Waals surface area contributed by atoms with E-state index in [2.05, 4.69) is 30.2 Å². The van der Waals surface area contributed by atoms with Crippen molar-refractivity contribution in [2.45, 2.75) is 25.8 Å². The van der Waals surface area contributed by atoms with E-state index in [4.69, 9.17) is 4.74 Å². The Morgan fingerprint density at radius 3 is 2.83 bits per heavy atom. The summed E-state index contributed by atoms with van der Waals surface area (Å²) in [5, 5.41) is 6.02. The molecule has 3 aromatic heterocycles. The molecule has 8 nitrogen and oxygen atoms in total. The Hall–Kier alpha value is -3.07. The number of carbonyl (C=O) groups excluding carboxylic acids is 1. The first-order chi connectivity index (χ1) is 14.6. The molecule has 1 atom stereocenters. The van der Waals surface area contributed by atoms with Crippen LogP contribution in [0.5, 0.6) is 5.88 Å². The summed E-state index contributed by atoms with van der Waals surface area (Å²) < 4.78 is 5.17. The summed E-state index contributed by atoms with van der Waals surface area (Å²) in [6, 6.07) is 5.47. The summed E-state index contributed by atoms with van der Waals surface area (Å²) >= 11 is 1.55. The van der Waals surface area contributed by atoms with Crippen LogP contribution in [0.3, 0.4) is 0 Å². The zero-order chi connectivity index (χ0) is 20.9. The van der Waals surface area contributed by atoms with Gasteiger partial charge >= 0.3 is 0 Å². The molecule has 9 heteroatoms. The SMILES string of the molecule is COc1ccnc(N2CCC(C(=O)NC(C)c3nc(-c4cccnc4)cs3)CC2)n1. The third-order valence-corrected chi connectivity index (χ3v) is 6.21. The summed E-state index contributed by atoms with van der Waals surface area (Å²) in [5.41, 5.74) is 1.86. The van der Waals surface area contributed by atoms with Crippen molar-refractivity contribution in [2.24, 2.45) is 5.92 Å². The van der Waals surface area contributed by atoms with E-state index in [0.717, 1.165) is 42.2 Å². The molecule has 1 N–H and O–H groups in total. The molecular formula is C21H24N6O2S. The number of nitrogens with zero attached hydrogens (tertiary/aromatic N) is 5. The Balaban J connectivity index is 1.32. The molecule has 0 bridgehead atoms. The smallest absolute Gasteiger partial charge is 0.228 e. The van der Waals surface area contributed by atoms with E-state index in [0.29, 0.717) is 11.8 Å². The second-order valence-electron chi connectivity index (χ2n) is 7.20. The summed E-state index contributed by atoms with van der Waals surface area (Å²) in [4.78, 5) is 32.4. The number of carbonyl (C=O) groups is 1. The maximum atomic E-state index is 12.8. The maximum Gasteiger partial charge on any atom is 0.228 e. The fourth-order valence-corrected chi connectivity index (χ4v) is 4.30. The van der Waals surface area contributed by atoms with Crippen molar-refractivity contribution in [2.75, 3.05) is 25.1 Å². The third kappa shape index (κ3) is 4.56. The monoisotopic (exact) mass is 424 g/mol. The lowest BCUT2D eigenvalue weighted by molar-refractivity contribution is -0.126. The van der Waals surface area contributed by atoms with E-state index in [1.807, 2.05) is 24.4 Å². The van der Waals surface area contributed by atoms with E-state index in [-0.39, 0.29) is 17.9 Å². The van der Waals surface area contributed by atoms with Gasteiger partial charge in [0.2, 0.25) is 17.7 Å². The van der Waals surface area contributed by atoms with E-state index in [9.17, 15) is 4.79 Å². The van der Waals surface area contributed by atoms with Crippen molar-refractivity contribution >= 4 is 23.2 Å². The quantitative estimate of drug-likeness (QED) is 0.650. The Bertz CT molecular complexity index is 988. The zero-order valence-electron chi connectivity index (χ0n) is 17.0. The van der Waals surface area contributed by atoms with Crippen LogP contribution in [-0.4, -0.2) is 46.0 Å². The first kappa shape index (κ1) is 20.2. The molecule has 0 saturated carbocycles. The Labute approximate surface area is 179 Å². The van der Waals surface area contributed by atoms with Gasteiger partial charge in [0, 0.05) is 54.6 Å². The maximum absolute atomic E-state index is 12.8. The summed E-state index contributed by atoms with van der Waals surface area (Å²) in [6.07, 6.45) is 6.75. The fourth-order valence-electron chi connectivity index (χ4n) is 3.47. The van der Waals surface area contributed by atoms with Crippen molar-refractivity contribution in [1.82, 2.24) is 25.3 Å². The minimum absolute atomic E-state index is 0.0212. The van der Waals surface area contributed by atoms with E-state index in [1.54, 1.807) is 43.1 Å². The number of aromatic nitrogens is 4. The molecule has 1 aliphatic heterocycles. The molecule has 156 valence electrons. The molecule has 0 radical (unpaired) electrons. The molecule has 0 aliphatic carbocycles. The van der Waals surface area contributed by atoms with Crippen LogP contribution < -0.4 is 15.0 Å². The first-order valence-corrected chi connectivity index (χ1v) is 10.8. The Morgan fingerprint density at radius 1 is 1.27 bits per heavy atom. The number of ether oxygens (including phenoxy) is 1. The summed E-state index contributed by atoms with van der Waals surface area (Å²) in [5.74, 6) is 1.24. The molecule has 0 spiro atoms. The third-order valence-electron chi connectivity index (χ3n) is 5.18. The van der Waals surface area contributed by atoms with Gasteiger partial charge in [-0.1, -0.05) is 0 Å². The van der Waals surface area contributed by atoms with Gasteiger partial charge in [0.1, 0.15) is 5.01 Å². The number of methoxy groups -OCH3 is 1. The van der Waals surface area contributed by atoms with E-state index in [1.165, 1.54) is 0 Å². The average Bonchev–Trinajstić information content (AvgIpc) is 3.30. The lowest BCUT2D eigenvalue weighted by Crippen LogP contribution is -2.41. The number of pyridine rings is 1. The Kier molecular flexibility index (Phi) is 6.18. The van der Waals surface area contributed by atoms with Gasteiger partial charge in [-0.3, -0.25) is 9.78 Å². The normalized spacial score (nSPS) is 15.6. The van der Waals surface area contributed by atoms with Gasteiger partial charge in [-0.25, -0.2) is 9.97 Å². The van der Waals surface area contributed by atoms with Gasteiger partial charge < -0.3 is 15.0 Å². The van der Waals surface area contributed by atoms with Crippen molar-refractivity contribution in [3.8, 4) is 17.1 Å². The zero-order valence-corrected chi connectivity index (χ0v) is 17.8. The number of anilines is 1. The van der Waals surface area contributed by atoms with Gasteiger partial charge in [-0.05, 0) is 31.9 Å². The minimum atomic E-state index is -0.132. The predicted octanol–water partition coefficient (Wildman–Crippen LogP) is 3.10. The molecule has 1 saturated heterocycles. The second kappa shape index (κ2) is 9.17. The highest BCUT2D eigenvalue weighted by atomic mass is 32.1. The number of amides is 1. The van der Waals surface area contributed by atoms with E-state index >= 15 is 0 Å². The average molecular weight is 425 g/mol. The second-order valence-corrected chi connectivity index (χ2v) is 8.09. The van der Waals surface area contributed by atoms with Crippen LogP contribution >= 0.6 is 11.3 Å². The van der Waals surface area contributed by atoms with Gasteiger partial charge in [-0.2, -0.15) is 4.98 Å². The van der Waals surface area contributed by atoms with Crippen LogP contribution in [0, 0.1) is 5.92 Å². The predicted molar refractivity (Wildman–Crippen MR) is 115 cm³/mol. The standard InChI is InChI=1S/C21H24N6O2S/c1-14(20-25-17(13-30-20)16-4-3-8-22-12-16)24-19(28)15-6-10-27(11-7-15)21-23-9-5-18(26-21)29-2/h3-5,8-9,12-15H,6-7,10-11H2,1-2H3,(H,24,28). The molecule has 0 aromatic carbocycles. The molecule has 4 heterocycles. The van der Waals surface area contributed by atoms with Crippen molar-refractivity contribution in [3.63, 3.8) is 0 Å². The number of thiazole rings is 1. The molecule has 1 fully saturated rings. The lowest BCUT2D eigenvalue weighted by Gasteiger charge is -2.31. The summed E-state index contributed by atoms with van der Waals surface area (Å²) in [7, 11) is 1.59. The topological polar surface area (TPSA) is 93.1 Å². The molecule has 1 aliphatic rings. The van der Waals surface area contributed by atoms with Crippen LogP contribution in [0.15, 0.2) is 42.2 Å². The number of hydrogen-bond acceptors (Lipinski definition) is 8. The highest BCUT2D eigenvalue weighted by Crippen LogP contribution is 2.26. The van der Waals surface area contributed by atoms with Gasteiger partial charge in [0.05, 0.1) is 18.8 Å². The van der Waals surface area contributed by atoms with Crippen molar-refractivity contribution in [1.29, 1.82) is 0 Å². The Morgan fingerprint density at radius 2 is 2.10 bits per heavy atom. The van der Waals surface area contributed by atoms with Crippen LogP contribution in [0.1, 0.15) is 30.8 Å².